The van der Waals surface area contributed by atoms with Gasteiger partial charge in [0, 0.05) is 21.0 Å². The van der Waals surface area contributed by atoms with Crippen LogP contribution in [0.4, 0.5) is 0 Å². The lowest BCUT2D eigenvalue weighted by atomic mass is 10.1. The summed E-state index contributed by atoms with van der Waals surface area (Å²) in [5, 5.41) is 1.96. The van der Waals surface area contributed by atoms with Crippen molar-refractivity contribution in [1.29, 1.82) is 0 Å². The monoisotopic (exact) mass is 277 g/mol. The molecule has 0 saturated heterocycles. The highest BCUT2D eigenvalue weighted by Crippen LogP contribution is 2.28. The molecule has 4 heteroatoms. The van der Waals surface area contributed by atoms with Crippen LogP contribution in [0.25, 0.3) is 0 Å². The van der Waals surface area contributed by atoms with E-state index < -0.39 is 0 Å². The third-order valence-electron chi connectivity index (χ3n) is 2.69. The largest absolute Gasteiger partial charge is 0.330 e. The molecule has 0 aliphatic rings. The van der Waals surface area contributed by atoms with E-state index in [4.69, 9.17) is 28.9 Å². The summed E-state index contributed by atoms with van der Waals surface area (Å²) >= 11 is 13.8. The summed E-state index contributed by atoms with van der Waals surface area (Å²) < 4.78 is 0. The average molecular weight is 278 g/mol. The lowest BCUT2D eigenvalue weighted by molar-refractivity contribution is 0.590. The Hall–Kier alpha value is 0.110. The minimum atomic E-state index is 0.524. The predicted molar refractivity (Wildman–Crippen MR) is 75.4 cm³/mol. The van der Waals surface area contributed by atoms with Crippen molar-refractivity contribution in [1.82, 2.24) is 0 Å². The van der Waals surface area contributed by atoms with Crippen LogP contribution < -0.4 is 5.73 Å². The summed E-state index contributed by atoms with van der Waals surface area (Å²) in [6, 6.07) is 5.65. The molecule has 0 fully saturated rings. The summed E-state index contributed by atoms with van der Waals surface area (Å²) in [6.07, 6.45) is 0. The predicted octanol–water partition coefficient (Wildman–Crippen LogP) is 4.21. The Labute approximate surface area is 112 Å². The van der Waals surface area contributed by atoms with E-state index in [1.54, 1.807) is 6.07 Å². The van der Waals surface area contributed by atoms with Gasteiger partial charge in [-0.2, -0.15) is 11.8 Å². The van der Waals surface area contributed by atoms with Gasteiger partial charge in [-0.1, -0.05) is 43.1 Å². The van der Waals surface area contributed by atoms with Gasteiger partial charge in [0.1, 0.15) is 0 Å². The summed E-state index contributed by atoms with van der Waals surface area (Å²) in [7, 11) is 0. The Balaban J connectivity index is 2.54. The molecule has 1 nitrogen and oxygen atoms in total. The molecule has 0 amide bonds. The molecule has 90 valence electrons. The highest BCUT2D eigenvalue weighted by molar-refractivity contribution is 7.99. The van der Waals surface area contributed by atoms with Crippen molar-refractivity contribution in [3.05, 3.63) is 33.8 Å². The fourth-order valence-electron chi connectivity index (χ4n) is 1.22. The highest BCUT2D eigenvalue weighted by Gasteiger charge is 2.11. The van der Waals surface area contributed by atoms with Gasteiger partial charge in [0.05, 0.1) is 0 Å². The van der Waals surface area contributed by atoms with E-state index in [1.807, 2.05) is 23.9 Å². The molecule has 0 aliphatic carbocycles. The molecular weight excluding hydrogens is 261 g/mol. The van der Waals surface area contributed by atoms with Gasteiger partial charge in [-0.3, -0.25) is 0 Å². The number of rotatable bonds is 5. The third-order valence-corrected chi connectivity index (χ3v) is 4.74. The number of benzene rings is 1. The maximum atomic E-state index is 6.10. The van der Waals surface area contributed by atoms with Crippen LogP contribution in [0.15, 0.2) is 18.2 Å². The van der Waals surface area contributed by atoms with Gasteiger partial charge in [-0.15, -0.1) is 0 Å². The van der Waals surface area contributed by atoms with E-state index in [2.05, 4.69) is 13.8 Å². The first-order valence-corrected chi connectivity index (χ1v) is 7.10. The van der Waals surface area contributed by atoms with E-state index in [9.17, 15) is 0 Å². The molecule has 0 saturated carbocycles. The van der Waals surface area contributed by atoms with E-state index in [0.717, 1.165) is 22.9 Å². The molecule has 2 N–H and O–H groups in total. The Morgan fingerprint density at radius 3 is 2.56 bits per heavy atom. The quantitative estimate of drug-likeness (QED) is 0.873. The smallest absolute Gasteiger partial charge is 0.0461 e. The molecule has 0 bridgehead atoms. The van der Waals surface area contributed by atoms with Crippen LogP contribution in [0.5, 0.6) is 0 Å². The molecule has 1 aromatic carbocycles. The summed E-state index contributed by atoms with van der Waals surface area (Å²) in [5.74, 6) is 1.43. The Kier molecular flexibility index (Phi) is 5.98. The van der Waals surface area contributed by atoms with Crippen molar-refractivity contribution in [2.45, 2.75) is 24.9 Å². The van der Waals surface area contributed by atoms with Crippen LogP contribution in [-0.4, -0.2) is 11.8 Å². The van der Waals surface area contributed by atoms with Crippen molar-refractivity contribution < 1.29 is 0 Å². The molecule has 0 aromatic heterocycles. The molecule has 0 spiro atoms. The lowest BCUT2D eigenvalue weighted by Gasteiger charge is -2.17. The topological polar surface area (TPSA) is 26.0 Å². The van der Waals surface area contributed by atoms with E-state index in [0.29, 0.717) is 16.2 Å². The zero-order chi connectivity index (χ0) is 12.1. The first-order valence-electron chi connectivity index (χ1n) is 5.30. The zero-order valence-electron chi connectivity index (χ0n) is 9.54. The fraction of sp³-hybridized carbons (Fsp3) is 0.500. The standard InChI is InChI=1S/C12H17Cl2NS/c1-8(6-15)9(2)16-7-10-3-4-11(13)5-12(10)14/h3-5,8-9H,6-7,15H2,1-2H3. The van der Waals surface area contributed by atoms with Crippen molar-refractivity contribution >= 4 is 35.0 Å². The van der Waals surface area contributed by atoms with Crippen LogP contribution in [-0.2, 0) is 5.75 Å². The number of nitrogens with two attached hydrogens (primary N) is 1. The zero-order valence-corrected chi connectivity index (χ0v) is 11.9. The molecule has 2 atom stereocenters. The van der Waals surface area contributed by atoms with Crippen molar-refractivity contribution in [2.24, 2.45) is 11.7 Å². The Morgan fingerprint density at radius 1 is 1.31 bits per heavy atom. The SMILES string of the molecule is CC(CN)C(C)SCc1ccc(Cl)cc1Cl. The van der Waals surface area contributed by atoms with Crippen LogP contribution in [0.2, 0.25) is 10.0 Å². The number of thioether (sulfide) groups is 1. The van der Waals surface area contributed by atoms with E-state index >= 15 is 0 Å². The molecule has 1 aromatic rings. The third kappa shape index (κ3) is 4.17. The minimum Gasteiger partial charge on any atom is -0.330 e. The second-order valence-electron chi connectivity index (χ2n) is 3.96. The Bertz CT molecular complexity index is 344. The molecule has 16 heavy (non-hydrogen) atoms. The van der Waals surface area contributed by atoms with Crippen LogP contribution in [0.3, 0.4) is 0 Å². The molecule has 0 radical (unpaired) electrons. The van der Waals surface area contributed by atoms with Gasteiger partial charge in [0.15, 0.2) is 0 Å². The van der Waals surface area contributed by atoms with Gasteiger partial charge in [-0.05, 0) is 30.2 Å². The van der Waals surface area contributed by atoms with Crippen LogP contribution >= 0.6 is 35.0 Å². The summed E-state index contributed by atoms with van der Waals surface area (Å²) in [4.78, 5) is 0. The number of hydrogen-bond acceptors (Lipinski definition) is 2. The number of hydrogen-bond donors (Lipinski definition) is 1. The molecule has 1 rings (SSSR count). The maximum Gasteiger partial charge on any atom is 0.0461 e. The van der Waals surface area contributed by atoms with Gasteiger partial charge in [0.25, 0.3) is 0 Å². The second-order valence-corrected chi connectivity index (χ2v) is 6.17. The maximum absolute atomic E-state index is 6.10. The fourth-order valence-corrected chi connectivity index (χ4v) is 2.90. The van der Waals surface area contributed by atoms with Gasteiger partial charge >= 0.3 is 0 Å². The van der Waals surface area contributed by atoms with Gasteiger partial charge in [0.2, 0.25) is 0 Å². The van der Waals surface area contributed by atoms with E-state index in [1.165, 1.54) is 0 Å². The molecular formula is C12H17Cl2NS. The van der Waals surface area contributed by atoms with Crippen LogP contribution in [0.1, 0.15) is 19.4 Å². The summed E-state index contributed by atoms with van der Waals surface area (Å²) in [6.45, 7) is 5.09. The first-order chi connectivity index (χ1) is 7.54. The van der Waals surface area contributed by atoms with Crippen molar-refractivity contribution in [2.75, 3.05) is 6.54 Å². The Morgan fingerprint density at radius 2 is 2.00 bits per heavy atom. The molecule has 2 unspecified atom stereocenters. The first kappa shape index (κ1) is 14.2. The lowest BCUT2D eigenvalue weighted by Crippen LogP contribution is -2.20. The molecule has 0 aliphatic heterocycles. The minimum absolute atomic E-state index is 0.524. The second kappa shape index (κ2) is 6.75. The van der Waals surface area contributed by atoms with E-state index in [-0.39, 0.29) is 0 Å². The normalized spacial score (nSPS) is 14.8. The molecule has 0 heterocycles. The van der Waals surface area contributed by atoms with Gasteiger partial charge < -0.3 is 5.73 Å². The van der Waals surface area contributed by atoms with Crippen molar-refractivity contribution in [3.8, 4) is 0 Å². The van der Waals surface area contributed by atoms with Crippen LogP contribution in [0, 0.1) is 5.92 Å². The summed E-state index contributed by atoms with van der Waals surface area (Å²) in [5.41, 5.74) is 6.77. The van der Waals surface area contributed by atoms with Crippen molar-refractivity contribution in [3.63, 3.8) is 0 Å². The van der Waals surface area contributed by atoms with Gasteiger partial charge in [-0.25, -0.2) is 0 Å². The number of halogens is 2. The average Bonchev–Trinajstić information content (AvgIpc) is 2.26. The highest BCUT2D eigenvalue weighted by atomic mass is 35.5.